The van der Waals surface area contributed by atoms with Crippen molar-refractivity contribution in [2.45, 2.75) is 77.0 Å². The molecule has 282 valence electrons. The van der Waals surface area contributed by atoms with Gasteiger partial charge < -0.3 is 18.9 Å². The van der Waals surface area contributed by atoms with Crippen molar-refractivity contribution in [2.24, 2.45) is 0 Å². The molecular formula is C48H56N2O4. The number of rotatable bonds is 26. The fourth-order valence-electron chi connectivity index (χ4n) is 6.35. The summed E-state index contributed by atoms with van der Waals surface area (Å²) in [5.74, 6) is 3.03. The fourth-order valence-corrected chi connectivity index (χ4v) is 6.35. The molecule has 0 aliphatic heterocycles. The van der Waals surface area contributed by atoms with Gasteiger partial charge in [0.25, 0.3) is 0 Å². The van der Waals surface area contributed by atoms with Gasteiger partial charge in [0.05, 0.1) is 60.0 Å². The molecule has 3 aromatic carbocycles. The third-order valence-electron chi connectivity index (χ3n) is 9.25. The molecule has 0 radical (unpaired) electrons. The van der Waals surface area contributed by atoms with E-state index in [0.717, 1.165) is 144 Å². The van der Waals surface area contributed by atoms with Crippen molar-refractivity contribution < 1.29 is 18.9 Å². The first-order valence-electron chi connectivity index (χ1n) is 19.6. The zero-order valence-corrected chi connectivity index (χ0v) is 31.9. The molecule has 2 aromatic heterocycles. The summed E-state index contributed by atoms with van der Waals surface area (Å²) in [6.45, 7) is 17.8. The number of fused-ring (bicyclic) bond motifs is 3. The molecule has 0 saturated carbocycles. The lowest BCUT2D eigenvalue weighted by Crippen LogP contribution is -2.04. The summed E-state index contributed by atoms with van der Waals surface area (Å²) in [5, 5.41) is 1.99. The molecule has 0 bridgehead atoms. The Kier molecular flexibility index (Phi) is 16.2. The Balaban J connectivity index is 1.56. The van der Waals surface area contributed by atoms with Crippen LogP contribution in [-0.4, -0.2) is 36.4 Å². The minimum Gasteiger partial charge on any atom is -0.493 e. The first-order valence-corrected chi connectivity index (χ1v) is 19.6. The topological polar surface area (TPSA) is 62.7 Å². The lowest BCUT2D eigenvalue weighted by molar-refractivity contribution is 0.294. The highest BCUT2D eigenvalue weighted by Crippen LogP contribution is 2.41. The van der Waals surface area contributed by atoms with Crippen LogP contribution < -0.4 is 18.9 Å². The van der Waals surface area contributed by atoms with E-state index in [1.54, 1.807) is 0 Å². The quantitative estimate of drug-likeness (QED) is 0.0321. The number of pyridine rings is 2. The number of hydrogen-bond acceptors (Lipinski definition) is 6. The summed E-state index contributed by atoms with van der Waals surface area (Å²) < 4.78 is 25.7. The molecule has 0 aliphatic rings. The first-order chi connectivity index (χ1) is 26.7. The van der Waals surface area contributed by atoms with Gasteiger partial charge in [0.2, 0.25) is 0 Å². The van der Waals surface area contributed by atoms with Crippen molar-refractivity contribution in [3.8, 4) is 45.5 Å². The molecule has 0 fully saturated rings. The van der Waals surface area contributed by atoms with Crippen LogP contribution in [0.25, 0.3) is 44.3 Å². The molecular weight excluding hydrogens is 669 g/mol. The monoisotopic (exact) mass is 724 g/mol. The van der Waals surface area contributed by atoms with E-state index in [4.69, 9.17) is 28.9 Å². The van der Waals surface area contributed by atoms with E-state index in [-0.39, 0.29) is 0 Å². The summed E-state index contributed by atoms with van der Waals surface area (Å²) in [5.41, 5.74) is 4.86. The maximum Gasteiger partial charge on any atom is 0.132 e. The lowest BCUT2D eigenvalue weighted by atomic mass is 10.0. The van der Waals surface area contributed by atoms with Crippen LogP contribution in [0.2, 0.25) is 0 Å². The summed E-state index contributed by atoms with van der Waals surface area (Å²) in [7, 11) is 0. The average molecular weight is 725 g/mol. The van der Waals surface area contributed by atoms with Crippen LogP contribution in [0.5, 0.6) is 23.0 Å². The second kappa shape index (κ2) is 22.0. The molecule has 0 spiro atoms. The van der Waals surface area contributed by atoms with E-state index < -0.39 is 0 Å². The normalized spacial score (nSPS) is 11.0. The maximum atomic E-state index is 6.41. The number of allylic oxidation sites excluding steroid dienone is 4. The Bertz CT molecular complexity index is 1770. The summed E-state index contributed by atoms with van der Waals surface area (Å²) in [6, 6.07) is 24.5. The molecule has 6 heteroatoms. The van der Waals surface area contributed by atoms with E-state index in [1.807, 2.05) is 60.7 Å². The second-order valence-corrected chi connectivity index (χ2v) is 13.4. The van der Waals surface area contributed by atoms with Gasteiger partial charge in [-0.1, -0.05) is 60.7 Å². The lowest BCUT2D eigenvalue weighted by Gasteiger charge is -2.18. The number of aromatic nitrogens is 2. The van der Waals surface area contributed by atoms with Crippen LogP contribution in [0.3, 0.4) is 0 Å². The Morgan fingerprint density at radius 1 is 0.389 bits per heavy atom. The molecule has 54 heavy (non-hydrogen) atoms. The summed E-state index contributed by atoms with van der Waals surface area (Å²) >= 11 is 0. The van der Waals surface area contributed by atoms with Gasteiger partial charge in [-0.3, -0.25) is 0 Å². The van der Waals surface area contributed by atoms with Crippen molar-refractivity contribution in [3.05, 3.63) is 123 Å². The van der Waals surface area contributed by atoms with Gasteiger partial charge >= 0.3 is 0 Å². The van der Waals surface area contributed by atoms with Crippen LogP contribution in [0.1, 0.15) is 77.0 Å². The highest BCUT2D eigenvalue weighted by molar-refractivity contribution is 6.04. The standard InChI is InChI=1S/C48H56N2O4/c1-5-9-13-17-33-51-41-23-21-24-42(52-34-18-14-10-6-2)45(41)39-31-29-37-27-28-38-30-32-40(50-48(38)47(37)49-39)46-43(53-35-19-15-11-7-3)25-22-26-44(46)54-36-20-16-12-8-4/h5-8,21-32H,1-4,9-20,33-36H2. The van der Waals surface area contributed by atoms with E-state index in [9.17, 15) is 0 Å². The van der Waals surface area contributed by atoms with Crippen molar-refractivity contribution in [1.82, 2.24) is 9.97 Å². The molecule has 5 rings (SSSR count). The van der Waals surface area contributed by atoms with E-state index >= 15 is 0 Å². The Morgan fingerprint density at radius 3 is 0.981 bits per heavy atom. The van der Waals surface area contributed by atoms with Gasteiger partial charge in [-0.15, -0.1) is 26.3 Å². The molecule has 0 N–H and O–H groups in total. The molecule has 6 nitrogen and oxygen atoms in total. The van der Waals surface area contributed by atoms with Crippen LogP contribution >= 0.6 is 0 Å². The van der Waals surface area contributed by atoms with Gasteiger partial charge in [-0.05, 0) is 113 Å². The molecule has 0 aliphatic carbocycles. The van der Waals surface area contributed by atoms with Gasteiger partial charge in [0.1, 0.15) is 23.0 Å². The zero-order chi connectivity index (χ0) is 37.8. The van der Waals surface area contributed by atoms with Crippen LogP contribution in [-0.2, 0) is 0 Å². The zero-order valence-electron chi connectivity index (χ0n) is 31.9. The molecule has 5 aromatic rings. The van der Waals surface area contributed by atoms with Crippen molar-refractivity contribution in [1.29, 1.82) is 0 Å². The Hall–Kier alpha value is -5.36. The predicted molar refractivity (Wildman–Crippen MR) is 226 cm³/mol. The largest absolute Gasteiger partial charge is 0.493 e. The molecule has 0 amide bonds. The smallest absolute Gasteiger partial charge is 0.132 e. The fraction of sp³-hybridized carbons (Fsp3) is 0.333. The number of ether oxygens (including phenoxy) is 4. The number of unbranched alkanes of at least 4 members (excludes halogenated alkanes) is 8. The second-order valence-electron chi connectivity index (χ2n) is 13.4. The molecule has 0 atom stereocenters. The maximum absolute atomic E-state index is 6.41. The van der Waals surface area contributed by atoms with Crippen LogP contribution in [0, 0.1) is 0 Å². The third kappa shape index (κ3) is 11.1. The Morgan fingerprint density at radius 2 is 0.685 bits per heavy atom. The van der Waals surface area contributed by atoms with Gasteiger partial charge in [0, 0.05) is 10.8 Å². The summed E-state index contributed by atoms with van der Waals surface area (Å²) in [6.07, 6.45) is 19.5. The predicted octanol–water partition coefficient (Wildman–Crippen LogP) is 13.1. The van der Waals surface area contributed by atoms with Crippen molar-refractivity contribution >= 4 is 21.8 Å². The van der Waals surface area contributed by atoms with Gasteiger partial charge in [-0.25, -0.2) is 9.97 Å². The van der Waals surface area contributed by atoms with Crippen LogP contribution in [0.15, 0.2) is 123 Å². The van der Waals surface area contributed by atoms with E-state index in [2.05, 4.69) is 62.7 Å². The molecule has 0 saturated heterocycles. The SMILES string of the molecule is C=CCCCCOc1cccc(OCCCCC=C)c1-c1ccc2ccc3ccc(-c4c(OCCCCC=C)cccc4OCCCCC=C)nc3c2n1. The highest BCUT2D eigenvalue weighted by atomic mass is 16.5. The minimum absolute atomic E-state index is 0.597. The number of hydrogen-bond donors (Lipinski definition) is 0. The third-order valence-corrected chi connectivity index (χ3v) is 9.25. The van der Waals surface area contributed by atoms with Crippen molar-refractivity contribution in [2.75, 3.05) is 26.4 Å². The molecule has 0 unspecified atom stereocenters. The van der Waals surface area contributed by atoms with Gasteiger partial charge in [0.15, 0.2) is 0 Å². The van der Waals surface area contributed by atoms with E-state index in [1.165, 1.54) is 0 Å². The number of benzene rings is 3. The highest BCUT2D eigenvalue weighted by Gasteiger charge is 2.19. The average Bonchev–Trinajstić information content (AvgIpc) is 3.20. The van der Waals surface area contributed by atoms with Crippen LogP contribution in [0.4, 0.5) is 0 Å². The Labute approximate surface area is 322 Å². The first kappa shape index (κ1) is 39.8. The minimum atomic E-state index is 0.597. The molecule has 2 heterocycles. The van der Waals surface area contributed by atoms with Gasteiger partial charge in [-0.2, -0.15) is 0 Å². The number of nitrogens with zero attached hydrogens (tertiary/aromatic N) is 2. The summed E-state index contributed by atoms with van der Waals surface area (Å²) in [4.78, 5) is 10.6. The van der Waals surface area contributed by atoms with Crippen molar-refractivity contribution in [3.63, 3.8) is 0 Å². The van der Waals surface area contributed by atoms with E-state index in [0.29, 0.717) is 26.4 Å².